The van der Waals surface area contributed by atoms with Crippen LogP contribution in [0.1, 0.15) is 43.5 Å². The highest BCUT2D eigenvalue weighted by molar-refractivity contribution is 6.33. The first kappa shape index (κ1) is 24.8. The minimum absolute atomic E-state index is 0.173. The molecule has 3 saturated heterocycles. The Morgan fingerprint density at radius 1 is 0.972 bits per heavy atom. The topological polar surface area (TPSA) is 104 Å². The molecule has 0 radical (unpaired) electrons. The van der Waals surface area contributed by atoms with E-state index in [0.717, 1.165) is 56.9 Å². The quantitative estimate of drug-likeness (QED) is 0.644. The number of carbonyl (C=O) groups is 1. The van der Waals surface area contributed by atoms with Gasteiger partial charge in [-0.1, -0.05) is 11.6 Å². The average Bonchev–Trinajstić information content (AvgIpc) is 2.89. The van der Waals surface area contributed by atoms with E-state index in [1.165, 1.54) is 25.5 Å². The summed E-state index contributed by atoms with van der Waals surface area (Å²) in [5.41, 5.74) is 5.68. The molecule has 2 N–H and O–H groups in total. The second-order valence-corrected chi connectivity index (χ2v) is 10.3. The number of rotatable bonds is 5. The summed E-state index contributed by atoms with van der Waals surface area (Å²) in [6, 6.07) is 4.15. The van der Waals surface area contributed by atoms with Crippen LogP contribution in [0, 0.1) is 0 Å². The van der Waals surface area contributed by atoms with Crippen molar-refractivity contribution in [2.45, 2.75) is 45.2 Å². The third-order valence-electron chi connectivity index (χ3n) is 7.32. The Labute approximate surface area is 217 Å². The minimum atomic E-state index is -0.534. The van der Waals surface area contributed by atoms with Crippen LogP contribution in [0.2, 0.25) is 5.02 Å². The lowest BCUT2D eigenvalue weighted by Crippen LogP contribution is -2.53. The van der Waals surface area contributed by atoms with Gasteiger partial charge in [-0.15, -0.1) is 0 Å². The van der Waals surface area contributed by atoms with Crippen LogP contribution in [0.15, 0.2) is 18.3 Å². The number of nitrogens with two attached hydrogens (primary N) is 1. The van der Waals surface area contributed by atoms with Crippen LogP contribution < -0.4 is 25.3 Å². The fourth-order valence-electron chi connectivity index (χ4n) is 5.28. The third-order valence-corrected chi connectivity index (χ3v) is 7.60. The fraction of sp³-hybridized carbons (Fsp3) is 0.600. The largest absolute Gasteiger partial charge is 0.377 e. The van der Waals surface area contributed by atoms with E-state index < -0.39 is 5.91 Å². The van der Waals surface area contributed by atoms with Gasteiger partial charge in [-0.05, 0) is 39.2 Å². The predicted octanol–water partition coefficient (Wildman–Crippen LogP) is 2.55. The number of ether oxygens (including phenoxy) is 1. The van der Waals surface area contributed by atoms with E-state index in [1.807, 2.05) is 0 Å². The maximum Gasteiger partial charge on any atom is 0.250 e. The molecule has 0 bridgehead atoms. The number of amides is 1. The van der Waals surface area contributed by atoms with E-state index in [1.54, 1.807) is 6.07 Å². The molecule has 0 spiro atoms. The molecule has 11 heteroatoms. The van der Waals surface area contributed by atoms with Crippen molar-refractivity contribution in [3.05, 3.63) is 28.9 Å². The molecule has 3 aliphatic rings. The van der Waals surface area contributed by atoms with Crippen LogP contribution in [0.4, 0.5) is 23.4 Å². The van der Waals surface area contributed by atoms with Crippen LogP contribution in [0.3, 0.4) is 0 Å². The molecular weight excluding hydrogens is 480 g/mol. The maximum absolute atomic E-state index is 11.5. The Hall–Kier alpha value is -2.85. The summed E-state index contributed by atoms with van der Waals surface area (Å²) in [6.07, 6.45) is 5.16. The normalized spacial score (nSPS) is 23.2. The lowest BCUT2D eigenvalue weighted by atomic mass is 10.1. The second-order valence-electron chi connectivity index (χ2n) is 9.93. The molecular formula is C25H35ClN8O2. The van der Waals surface area contributed by atoms with Crippen molar-refractivity contribution in [2.75, 3.05) is 72.1 Å². The Morgan fingerprint density at radius 2 is 1.75 bits per heavy atom. The van der Waals surface area contributed by atoms with E-state index in [0.29, 0.717) is 29.6 Å². The van der Waals surface area contributed by atoms with Crippen molar-refractivity contribution >= 4 is 40.9 Å². The molecule has 1 amide bonds. The Bertz CT molecular complexity index is 1100. The van der Waals surface area contributed by atoms with Crippen molar-refractivity contribution in [2.24, 2.45) is 5.73 Å². The molecule has 5 rings (SSSR count). The molecule has 2 aromatic heterocycles. The summed E-state index contributed by atoms with van der Waals surface area (Å²) in [5, 5.41) is 0.435. The molecule has 10 nitrogen and oxygen atoms in total. The van der Waals surface area contributed by atoms with Crippen LogP contribution in [0.5, 0.6) is 0 Å². The van der Waals surface area contributed by atoms with Gasteiger partial charge in [0, 0.05) is 57.6 Å². The average molecular weight is 515 g/mol. The van der Waals surface area contributed by atoms with E-state index in [2.05, 4.69) is 44.5 Å². The van der Waals surface area contributed by atoms with Gasteiger partial charge in [0.15, 0.2) is 0 Å². The van der Waals surface area contributed by atoms with E-state index in [-0.39, 0.29) is 12.1 Å². The summed E-state index contributed by atoms with van der Waals surface area (Å²) in [5.74, 6) is 2.88. The molecule has 0 aliphatic carbocycles. The van der Waals surface area contributed by atoms with Crippen molar-refractivity contribution in [1.29, 1.82) is 0 Å². The maximum atomic E-state index is 11.5. The number of aromatic nitrogens is 3. The standard InChI is InChI=1S/C25H35ClN8O2/c1-17-15-32(24-20(26)12-19(14-28-24)23(27)35)8-9-33(17)22-13-21(31-6-4-3-5-7-31)29-25(30-22)34-10-11-36-16-18(34)2/h12-14,17-18H,3-11,15-16H2,1-2H3,(H2,27,35)/t17-,18-/m1/s1. The highest BCUT2D eigenvalue weighted by Crippen LogP contribution is 2.31. The zero-order valence-corrected chi connectivity index (χ0v) is 21.8. The molecule has 2 atom stereocenters. The van der Waals surface area contributed by atoms with Gasteiger partial charge in [-0.25, -0.2) is 4.98 Å². The highest BCUT2D eigenvalue weighted by atomic mass is 35.5. The first-order valence-electron chi connectivity index (χ1n) is 12.9. The molecule has 0 aromatic carbocycles. The van der Waals surface area contributed by atoms with Crippen LogP contribution in [-0.4, -0.2) is 85.4 Å². The summed E-state index contributed by atoms with van der Waals surface area (Å²) in [7, 11) is 0. The second kappa shape index (κ2) is 10.6. The lowest BCUT2D eigenvalue weighted by molar-refractivity contribution is 0.0981. The minimum Gasteiger partial charge on any atom is -0.377 e. The number of halogens is 1. The van der Waals surface area contributed by atoms with Crippen molar-refractivity contribution < 1.29 is 9.53 Å². The number of piperidine rings is 1. The number of nitrogens with zero attached hydrogens (tertiary/aromatic N) is 7. The molecule has 3 aliphatic heterocycles. The number of hydrogen-bond acceptors (Lipinski definition) is 9. The van der Waals surface area contributed by atoms with Gasteiger partial charge in [-0.2, -0.15) is 9.97 Å². The Balaban J connectivity index is 1.40. The summed E-state index contributed by atoms with van der Waals surface area (Å²) in [6.45, 7) is 10.8. The molecule has 0 unspecified atom stereocenters. The van der Waals surface area contributed by atoms with Gasteiger partial charge in [0.2, 0.25) is 11.9 Å². The monoisotopic (exact) mass is 514 g/mol. The lowest BCUT2D eigenvalue weighted by Gasteiger charge is -2.42. The Kier molecular flexibility index (Phi) is 7.34. The Morgan fingerprint density at radius 3 is 2.44 bits per heavy atom. The van der Waals surface area contributed by atoms with Crippen LogP contribution >= 0.6 is 11.6 Å². The summed E-state index contributed by atoms with van der Waals surface area (Å²) < 4.78 is 5.66. The van der Waals surface area contributed by atoms with Crippen molar-refractivity contribution in [1.82, 2.24) is 15.0 Å². The fourth-order valence-corrected chi connectivity index (χ4v) is 5.57. The van der Waals surface area contributed by atoms with Crippen LogP contribution in [0.25, 0.3) is 0 Å². The number of morpholine rings is 1. The smallest absolute Gasteiger partial charge is 0.250 e. The number of primary amides is 1. The van der Waals surface area contributed by atoms with E-state index >= 15 is 0 Å². The molecule has 36 heavy (non-hydrogen) atoms. The third kappa shape index (κ3) is 5.15. The zero-order chi connectivity index (χ0) is 25.2. The van der Waals surface area contributed by atoms with Gasteiger partial charge < -0.3 is 30.1 Å². The number of piperazine rings is 1. The molecule has 0 saturated carbocycles. The molecule has 194 valence electrons. The number of hydrogen-bond donors (Lipinski definition) is 1. The number of carbonyl (C=O) groups excluding carboxylic acids is 1. The van der Waals surface area contributed by atoms with Crippen LogP contribution in [-0.2, 0) is 4.74 Å². The first-order valence-corrected chi connectivity index (χ1v) is 13.2. The first-order chi connectivity index (χ1) is 17.4. The van der Waals surface area contributed by atoms with E-state index in [4.69, 9.17) is 32.0 Å². The van der Waals surface area contributed by atoms with Gasteiger partial charge >= 0.3 is 0 Å². The number of pyridine rings is 1. The predicted molar refractivity (Wildman–Crippen MR) is 143 cm³/mol. The van der Waals surface area contributed by atoms with Gasteiger partial charge in [-0.3, -0.25) is 4.79 Å². The molecule has 2 aromatic rings. The van der Waals surface area contributed by atoms with Gasteiger partial charge in [0.1, 0.15) is 17.5 Å². The van der Waals surface area contributed by atoms with E-state index in [9.17, 15) is 4.79 Å². The molecule has 3 fully saturated rings. The summed E-state index contributed by atoms with van der Waals surface area (Å²) in [4.78, 5) is 35.2. The highest BCUT2D eigenvalue weighted by Gasteiger charge is 2.30. The summed E-state index contributed by atoms with van der Waals surface area (Å²) >= 11 is 6.47. The SMILES string of the molecule is C[C@@H]1CN(c2ncc(C(N)=O)cc2Cl)CCN1c1cc(N2CCCCC2)nc(N2CCOC[C@H]2C)n1. The van der Waals surface area contributed by atoms with Gasteiger partial charge in [0.25, 0.3) is 0 Å². The van der Waals surface area contributed by atoms with Crippen molar-refractivity contribution in [3.8, 4) is 0 Å². The molecule has 5 heterocycles. The van der Waals surface area contributed by atoms with Crippen molar-refractivity contribution in [3.63, 3.8) is 0 Å². The number of anilines is 4. The zero-order valence-electron chi connectivity index (χ0n) is 21.1. The van der Waals surface area contributed by atoms with Gasteiger partial charge in [0.05, 0.1) is 29.8 Å².